The molecule has 2 rings (SSSR count). The van der Waals surface area contributed by atoms with E-state index in [0.29, 0.717) is 5.92 Å². The van der Waals surface area contributed by atoms with Crippen molar-refractivity contribution in [1.82, 2.24) is 9.80 Å². The molecule has 0 N–H and O–H groups in total. The lowest BCUT2D eigenvalue weighted by Gasteiger charge is -2.25. The van der Waals surface area contributed by atoms with Crippen LogP contribution in [0.1, 0.15) is 20.8 Å². The topological polar surface area (TPSA) is 32.8 Å². The largest absolute Gasteiger partial charge is 0.444 e. The Balaban J connectivity index is 1.76. The van der Waals surface area contributed by atoms with E-state index < -0.39 is 5.60 Å². The lowest BCUT2D eigenvalue weighted by atomic mass is 10.2. The summed E-state index contributed by atoms with van der Waals surface area (Å²) in [5.41, 5.74) is -0.398. The maximum atomic E-state index is 11.8. The van der Waals surface area contributed by atoms with Crippen molar-refractivity contribution in [2.75, 3.05) is 33.7 Å². The Labute approximate surface area is 104 Å². The highest BCUT2D eigenvalue weighted by atomic mass is 16.6. The van der Waals surface area contributed by atoms with E-state index in [1.807, 2.05) is 27.8 Å². The zero-order chi connectivity index (χ0) is 12.8. The number of fused-ring (bicyclic) bond motifs is 1. The van der Waals surface area contributed by atoms with Crippen LogP contribution in [0.3, 0.4) is 0 Å². The number of hydrogen-bond acceptors (Lipinski definition) is 3. The van der Waals surface area contributed by atoms with Crippen LogP contribution in [0.25, 0.3) is 0 Å². The first-order chi connectivity index (χ1) is 7.78. The van der Waals surface area contributed by atoms with Crippen molar-refractivity contribution in [3.05, 3.63) is 0 Å². The molecule has 2 aliphatic rings. The summed E-state index contributed by atoms with van der Waals surface area (Å²) in [5.74, 6) is 2.32. The van der Waals surface area contributed by atoms with E-state index >= 15 is 0 Å². The first kappa shape index (κ1) is 12.7. The van der Waals surface area contributed by atoms with Crippen LogP contribution in [0.5, 0.6) is 0 Å². The molecular formula is C13H24N2O2. The second-order valence-electron chi connectivity index (χ2n) is 6.57. The predicted molar refractivity (Wildman–Crippen MR) is 66.8 cm³/mol. The van der Waals surface area contributed by atoms with Gasteiger partial charge in [0.25, 0.3) is 0 Å². The van der Waals surface area contributed by atoms with Crippen molar-refractivity contribution in [2.24, 2.45) is 17.8 Å². The third kappa shape index (κ3) is 2.92. The van der Waals surface area contributed by atoms with E-state index in [2.05, 4.69) is 11.9 Å². The van der Waals surface area contributed by atoms with Crippen LogP contribution in [0.4, 0.5) is 4.79 Å². The summed E-state index contributed by atoms with van der Waals surface area (Å²) in [7, 11) is 4.01. The number of ether oxygens (including phenoxy) is 1. The van der Waals surface area contributed by atoms with Crippen LogP contribution in [-0.2, 0) is 4.74 Å². The number of carbonyl (C=O) groups is 1. The molecule has 98 valence electrons. The highest BCUT2D eigenvalue weighted by Crippen LogP contribution is 2.51. The number of amides is 1. The van der Waals surface area contributed by atoms with Crippen LogP contribution in [0.15, 0.2) is 0 Å². The molecule has 1 amide bonds. The van der Waals surface area contributed by atoms with E-state index in [9.17, 15) is 4.79 Å². The summed E-state index contributed by atoms with van der Waals surface area (Å²) < 4.78 is 5.35. The van der Waals surface area contributed by atoms with Crippen LogP contribution >= 0.6 is 0 Å². The second kappa shape index (κ2) is 4.16. The first-order valence-corrected chi connectivity index (χ1v) is 6.40. The summed E-state index contributed by atoms with van der Waals surface area (Å²) in [5, 5.41) is 0. The molecule has 1 heterocycles. The molecule has 0 bridgehead atoms. The summed E-state index contributed by atoms with van der Waals surface area (Å²) in [6, 6.07) is 0. The molecule has 0 aromatic carbocycles. The van der Waals surface area contributed by atoms with E-state index in [0.717, 1.165) is 18.4 Å². The predicted octanol–water partition coefficient (Wildman–Crippen LogP) is 1.66. The molecule has 0 radical (unpaired) electrons. The van der Waals surface area contributed by atoms with Crippen molar-refractivity contribution < 1.29 is 9.53 Å². The summed E-state index contributed by atoms with van der Waals surface area (Å²) >= 11 is 0. The lowest BCUT2D eigenvalue weighted by molar-refractivity contribution is 0.0284. The summed E-state index contributed by atoms with van der Waals surface area (Å²) in [4.78, 5) is 15.9. The fraction of sp³-hybridized carbons (Fsp3) is 0.923. The monoisotopic (exact) mass is 240 g/mol. The Bertz CT molecular complexity index is 299. The number of likely N-dealkylation sites (tertiary alicyclic amines) is 1. The molecule has 0 aromatic rings. The molecule has 0 aromatic heterocycles. The lowest BCUT2D eigenvalue weighted by Crippen LogP contribution is -2.36. The fourth-order valence-corrected chi connectivity index (χ4v) is 2.86. The van der Waals surface area contributed by atoms with Crippen molar-refractivity contribution in [1.29, 1.82) is 0 Å². The number of piperidine rings is 1. The molecule has 0 spiro atoms. The van der Waals surface area contributed by atoms with E-state index in [1.54, 1.807) is 4.90 Å². The Kier molecular flexibility index (Phi) is 3.10. The SMILES string of the molecule is CN1CC2C(C1)C2CN(C)C(=O)OC(C)(C)C. The molecule has 17 heavy (non-hydrogen) atoms. The number of rotatable bonds is 2. The molecule has 1 saturated heterocycles. The minimum atomic E-state index is -0.398. The van der Waals surface area contributed by atoms with Gasteiger partial charge >= 0.3 is 6.09 Å². The standard InChI is InChI=1S/C13H24N2O2/c1-13(2,3)17-12(16)15(5)8-11-9-6-14(4)7-10(9)11/h9-11H,6-8H2,1-5H3. The molecule has 2 unspecified atom stereocenters. The first-order valence-electron chi connectivity index (χ1n) is 6.40. The van der Waals surface area contributed by atoms with Gasteiger partial charge in [0.2, 0.25) is 0 Å². The van der Waals surface area contributed by atoms with Gasteiger partial charge in [0.1, 0.15) is 5.60 Å². The summed E-state index contributed by atoms with van der Waals surface area (Å²) in [6.45, 7) is 8.94. The summed E-state index contributed by atoms with van der Waals surface area (Å²) in [6.07, 6.45) is -0.198. The van der Waals surface area contributed by atoms with Crippen LogP contribution in [-0.4, -0.2) is 55.2 Å². The number of hydrogen-bond donors (Lipinski definition) is 0. The number of carbonyl (C=O) groups excluding carboxylic acids is 1. The van der Waals surface area contributed by atoms with Gasteiger partial charge in [0, 0.05) is 26.7 Å². The fourth-order valence-electron chi connectivity index (χ4n) is 2.86. The van der Waals surface area contributed by atoms with Gasteiger partial charge in [-0.3, -0.25) is 0 Å². The van der Waals surface area contributed by atoms with Crippen molar-refractivity contribution >= 4 is 6.09 Å². The van der Waals surface area contributed by atoms with Gasteiger partial charge in [-0.05, 0) is 45.6 Å². The van der Waals surface area contributed by atoms with Crippen molar-refractivity contribution in [2.45, 2.75) is 26.4 Å². The van der Waals surface area contributed by atoms with Gasteiger partial charge < -0.3 is 14.5 Å². The molecule has 1 saturated carbocycles. The van der Waals surface area contributed by atoms with E-state index in [4.69, 9.17) is 4.74 Å². The molecule has 2 fully saturated rings. The van der Waals surface area contributed by atoms with E-state index in [-0.39, 0.29) is 6.09 Å². The molecular weight excluding hydrogens is 216 g/mol. The second-order valence-corrected chi connectivity index (χ2v) is 6.57. The maximum absolute atomic E-state index is 11.8. The van der Waals surface area contributed by atoms with Gasteiger partial charge in [0.05, 0.1) is 0 Å². The van der Waals surface area contributed by atoms with Crippen LogP contribution < -0.4 is 0 Å². The van der Waals surface area contributed by atoms with Gasteiger partial charge in [-0.2, -0.15) is 0 Å². The van der Waals surface area contributed by atoms with Crippen LogP contribution in [0.2, 0.25) is 0 Å². The highest BCUT2D eigenvalue weighted by Gasteiger charge is 2.55. The van der Waals surface area contributed by atoms with Crippen molar-refractivity contribution in [3.63, 3.8) is 0 Å². The quantitative estimate of drug-likeness (QED) is 0.736. The Morgan fingerprint density at radius 2 is 1.88 bits per heavy atom. The average molecular weight is 240 g/mol. The average Bonchev–Trinajstić information content (AvgIpc) is 2.63. The highest BCUT2D eigenvalue weighted by molar-refractivity contribution is 5.67. The molecule has 2 atom stereocenters. The van der Waals surface area contributed by atoms with Crippen LogP contribution in [0, 0.1) is 17.8 Å². The Hall–Kier alpha value is -0.770. The third-order valence-corrected chi connectivity index (χ3v) is 3.74. The maximum Gasteiger partial charge on any atom is 0.410 e. The molecule has 4 heteroatoms. The Morgan fingerprint density at radius 1 is 1.35 bits per heavy atom. The zero-order valence-electron chi connectivity index (χ0n) is 11.6. The molecule has 1 aliphatic carbocycles. The van der Waals surface area contributed by atoms with Gasteiger partial charge in [0.15, 0.2) is 0 Å². The number of nitrogens with zero attached hydrogens (tertiary/aromatic N) is 2. The van der Waals surface area contributed by atoms with Gasteiger partial charge in [-0.15, -0.1) is 0 Å². The molecule has 4 nitrogen and oxygen atoms in total. The molecule has 1 aliphatic heterocycles. The van der Waals surface area contributed by atoms with Crippen molar-refractivity contribution in [3.8, 4) is 0 Å². The zero-order valence-corrected chi connectivity index (χ0v) is 11.6. The third-order valence-electron chi connectivity index (χ3n) is 3.74. The van der Waals surface area contributed by atoms with Gasteiger partial charge in [-0.25, -0.2) is 4.79 Å². The minimum Gasteiger partial charge on any atom is -0.444 e. The normalized spacial score (nSPS) is 32.2. The van der Waals surface area contributed by atoms with E-state index in [1.165, 1.54) is 13.1 Å². The minimum absolute atomic E-state index is 0.198. The smallest absolute Gasteiger partial charge is 0.410 e. The Morgan fingerprint density at radius 3 is 2.35 bits per heavy atom. The van der Waals surface area contributed by atoms with Gasteiger partial charge in [-0.1, -0.05) is 0 Å².